The number of fused-ring (bicyclic) bond motifs is 2. The van der Waals surface area contributed by atoms with Crippen LogP contribution in [-0.4, -0.2) is 134 Å². The second kappa shape index (κ2) is 30.3. The van der Waals surface area contributed by atoms with Gasteiger partial charge in [0.2, 0.25) is 11.6 Å². The van der Waals surface area contributed by atoms with Gasteiger partial charge in [-0.2, -0.15) is 0 Å². The van der Waals surface area contributed by atoms with Gasteiger partial charge in [-0.05, 0) is 105 Å². The van der Waals surface area contributed by atoms with Gasteiger partial charge >= 0.3 is 0 Å². The first kappa shape index (κ1) is 61.0. The monoisotopic (exact) mass is 1250 g/mol. The highest BCUT2D eigenvalue weighted by atomic mass is 127. The molecule has 2 N–H and O–H groups in total. The Labute approximate surface area is 502 Å². The summed E-state index contributed by atoms with van der Waals surface area (Å²) in [5, 5.41) is 37.1. The lowest BCUT2D eigenvalue weighted by Crippen LogP contribution is -2.32. The van der Waals surface area contributed by atoms with Gasteiger partial charge in [0, 0.05) is 102 Å². The van der Waals surface area contributed by atoms with E-state index in [4.69, 9.17) is 24.7 Å². The van der Waals surface area contributed by atoms with Crippen molar-refractivity contribution in [3.05, 3.63) is 202 Å². The van der Waals surface area contributed by atoms with Crippen LogP contribution in [-0.2, 0) is 52.9 Å². The Bertz CT molecular complexity index is 3620. The molecule has 4 aromatic heterocycles. The normalized spacial score (nSPS) is 12.5. The molecule has 6 aromatic carbocycles. The second-order valence-electron chi connectivity index (χ2n) is 19.5. The minimum atomic E-state index is -0.506. The smallest absolute Gasteiger partial charge is 0.284 e. The number of hydrogen-bond acceptors (Lipinski definition) is 17. The molecule has 23 heteroatoms. The number of methoxy groups -OCH3 is 4. The molecule has 0 unspecified atom stereocenters. The van der Waals surface area contributed by atoms with Crippen molar-refractivity contribution in [1.82, 2.24) is 69.3 Å². The Hall–Kier alpha value is -9.07. The van der Waals surface area contributed by atoms with Crippen molar-refractivity contribution in [3.8, 4) is 57.1 Å². The van der Waals surface area contributed by atoms with Gasteiger partial charge in [0.15, 0.2) is 23.0 Å². The van der Waals surface area contributed by atoms with Gasteiger partial charge in [0.25, 0.3) is 5.69 Å². The number of alkyl halides is 1. The molecule has 12 rings (SSSR count). The standard InChI is InChI=1S/C26H26N6O4.C26H28N6O2.2C4H6N2.CH3I/c1-35-24-15-22(23(32(33)34)16-25(24)36-2)26-27-29-31(28-26)21-9-7-18(8-10-21)11-13-30-14-12-19-5-3-4-6-20(19)17-30;1-33-24-15-22(23(27)16-25(24)34-2)26-28-30-32(29-26)21-9-7-18(8-10-21)11-13-31-14-12-19-5-3-4-6-20(19)17-31;2*1-6-3-2-5-4-6;1-2/h3-10,15-16H,11-14,17H2,1-2H3;3-10,15-16H,11-14,17,27H2,1-2H3;2*2-4H,1H3;1H3. The number of tetrazole rings is 2. The van der Waals surface area contributed by atoms with Gasteiger partial charge < -0.3 is 33.8 Å². The molecule has 0 bridgehead atoms. The fourth-order valence-corrected chi connectivity index (χ4v) is 9.46. The van der Waals surface area contributed by atoms with Crippen molar-refractivity contribution in [3.63, 3.8) is 0 Å². The number of imidazole rings is 2. The summed E-state index contributed by atoms with van der Waals surface area (Å²) in [7, 11) is 9.91. The molecule has 2 aliphatic heterocycles. The molecule has 436 valence electrons. The topological polar surface area (TPSA) is 235 Å². The van der Waals surface area contributed by atoms with Crippen LogP contribution in [0, 0.1) is 10.1 Å². The third-order valence-electron chi connectivity index (χ3n) is 14.0. The van der Waals surface area contributed by atoms with Crippen LogP contribution < -0.4 is 24.7 Å². The van der Waals surface area contributed by atoms with E-state index in [9.17, 15) is 10.1 Å². The molecule has 0 atom stereocenters. The molecule has 0 saturated heterocycles. The number of nitro groups is 1. The largest absolute Gasteiger partial charge is 0.493 e. The zero-order valence-corrected chi connectivity index (χ0v) is 50.4. The predicted octanol–water partition coefficient (Wildman–Crippen LogP) is 9.28. The number of anilines is 1. The lowest BCUT2D eigenvalue weighted by atomic mass is 9.99. The SMILES string of the molecule is CI.COc1cc(-c2nnn(-c3ccc(CCN4CCc5ccccc5C4)cc3)n2)c([N+](=O)[O-])cc1OC.COc1cc(N)c(-c2nnn(-c3ccc(CCN4CCc5ccccc5C4)cc3)n2)cc1OC.Cn1ccnc1.Cn1ccnc1. The lowest BCUT2D eigenvalue weighted by Gasteiger charge is -2.28. The molecule has 22 nitrogen and oxygen atoms in total. The van der Waals surface area contributed by atoms with Crippen LogP contribution >= 0.6 is 22.6 Å². The zero-order chi connectivity index (χ0) is 59.4. The Morgan fingerprint density at radius 2 is 0.964 bits per heavy atom. The van der Waals surface area contributed by atoms with Crippen molar-refractivity contribution in [2.45, 2.75) is 38.8 Å². The number of nitrogens with two attached hydrogens (primary N) is 1. The third kappa shape index (κ3) is 16.1. The van der Waals surface area contributed by atoms with Crippen LogP contribution in [0.5, 0.6) is 23.0 Å². The first-order valence-corrected chi connectivity index (χ1v) is 29.2. The Morgan fingerprint density at radius 1 is 0.560 bits per heavy atom. The number of nitrogen functional groups attached to an aromatic ring is 1. The fraction of sp³-hybridized carbons (Fsp3) is 0.279. The van der Waals surface area contributed by atoms with Gasteiger partial charge in [0.1, 0.15) is 5.56 Å². The summed E-state index contributed by atoms with van der Waals surface area (Å²) in [5.41, 5.74) is 17.2. The number of ether oxygens (including phenoxy) is 4. The van der Waals surface area contributed by atoms with E-state index in [-0.39, 0.29) is 22.8 Å². The molecule has 2 aliphatic rings. The first-order chi connectivity index (χ1) is 41.0. The van der Waals surface area contributed by atoms with Crippen LogP contribution in [0.25, 0.3) is 34.2 Å². The molecule has 6 heterocycles. The van der Waals surface area contributed by atoms with Crippen molar-refractivity contribution in [2.24, 2.45) is 14.1 Å². The van der Waals surface area contributed by atoms with E-state index in [0.29, 0.717) is 40.0 Å². The highest BCUT2D eigenvalue weighted by molar-refractivity contribution is 14.1. The molecule has 0 aliphatic carbocycles. The van der Waals surface area contributed by atoms with Crippen molar-refractivity contribution < 1.29 is 23.9 Å². The van der Waals surface area contributed by atoms with Crippen LogP contribution in [0.1, 0.15) is 33.4 Å². The Morgan fingerprint density at radius 3 is 1.36 bits per heavy atom. The summed E-state index contributed by atoms with van der Waals surface area (Å²) in [6.07, 6.45) is 14.9. The van der Waals surface area contributed by atoms with Crippen LogP contribution in [0.15, 0.2) is 159 Å². The maximum atomic E-state index is 11.6. The summed E-state index contributed by atoms with van der Waals surface area (Å²) < 4.78 is 24.9. The predicted molar refractivity (Wildman–Crippen MR) is 331 cm³/mol. The number of nitrogens with zero attached hydrogens (tertiary/aromatic N) is 15. The number of aryl methyl sites for hydroxylation is 2. The lowest BCUT2D eigenvalue weighted by molar-refractivity contribution is -0.384. The van der Waals surface area contributed by atoms with E-state index in [1.807, 2.05) is 64.8 Å². The van der Waals surface area contributed by atoms with Gasteiger partial charge in [-0.3, -0.25) is 19.9 Å². The van der Waals surface area contributed by atoms with Crippen LogP contribution in [0.4, 0.5) is 11.4 Å². The summed E-state index contributed by atoms with van der Waals surface area (Å²) in [5.74, 6) is 2.26. The molecule has 10 aromatic rings. The number of nitro benzene ring substituents is 1. The number of hydrogen-bond donors (Lipinski definition) is 1. The summed E-state index contributed by atoms with van der Waals surface area (Å²) in [4.78, 5) is 28.5. The van der Waals surface area contributed by atoms with E-state index in [2.05, 4.69) is 146 Å². The molecule has 84 heavy (non-hydrogen) atoms. The van der Waals surface area contributed by atoms with E-state index in [1.165, 1.54) is 69.3 Å². The van der Waals surface area contributed by atoms with Crippen LogP contribution in [0.3, 0.4) is 0 Å². The number of benzene rings is 6. The highest BCUT2D eigenvalue weighted by Gasteiger charge is 2.25. The Balaban J connectivity index is 0.000000178. The fourth-order valence-electron chi connectivity index (χ4n) is 9.46. The molecular formula is C61H69IN16O6. The van der Waals surface area contributed by atoms with E-state index in [1.54, 1.807) is 51.4 Å². The average molecular weight is 1250 g/mol. The van der Waals surface area contributed by atoms with E-state index >= 15 is 0 Å². The third-order valence-corrected chi connectivity index (χ3v) is 14.0. The maximum Gasteiger partial charge on any atom is 0.284 e. The van der Waals surface area contributed by atoms with Crippen molar-refractivity contribution in [2.75, 3.05) is 65.3 Å². The number of halogens is 1. The van der Waals surface area contributed by atoms with Gasteiger partial charge in [-0.25, -0.2) is 9.97 Å². The maximum absolute atomic E-state index is 11.6. The number of aromatic nitrogens is 12. The van der Waals surface area contributed by atoms with Gasteiger partial charge in [-0.1, -0.05) is 95.4 Å². The van der Waals surface area contributed by atoms with Crippen molar-refractivity contribution in [1.29, 1.82) is 0 Å². The van der Waals surface area contributed by atoms with Gasteiger partial charge in [0.05, 0.1) is 63.5 Å². The Kier molecular flexibility index (Phi) is 22.0. The van der Waals surface area contributed by atoms with Crippen molar-refractivity contribution >= 4 is 34.0 Å². The quantitative estimate of drug-likeness (QED) is 0.0331. The minimum Gasteiger partial charge on any atom is -0.493 e. The molecule has 0 amide bonds. The average Bonchev–Trinajstić information content (AvgIpc) is 4.54. The first-order valence-electron chi connectivity index (χ1n) is 27.0. The zero-order valence-electron chi connectivity index (χ0n) is 48.2. The van der Waals surface area contributed by atoms with Gasteiger partial charge in [-0.15, -0.1) is 30.0 Å². The van der Waals surface area contributed by atoms with E-state index < -0.39 is 4.92 Å². The molecule has 0 fully saturated rings. The minimum absolute atomic E-state index is 0.122. The highest BCUT2D eigenvalue weighted by Crippen LogP contribution is 2.39. The molecule has 0 spiro atoms. The molecule has 0 radical (unpaired) electrons. The van der Waals surface area contributed by atoms with Crippen LogP contribution in [0.2, 0.25) is 0 Å². The number of rotatable bonds is 15. The molecule has 0 saturated carbocycles. The summed E-state index contributed by atoms with van der Waals surface area (Å²) in [6, 6.07) is 39.9. The summed E-state index contributed by atoms with van der Waals surface area (Å²) in [6.45, 7) is 6.23. The van der Waals surface area contributed by atoms with E-state index in [0.717, 1.165) is 70.6 Å². The second-order valence-corrected chi connectivity index (χ2v) is 19.5. The molecular weight excluding hydrogens is 1180 g/mol. The summed E-state index contributed by atoms with van der Waals surface area (Å²) >= 11 is 2.15.